The van der Waals surface area contributed by atoms with Crippen molar-refractivity contribution in [3.63, 3.8) is 0 Å². The van der Waals surface area contributed by atoms with Gasteiger partial charge in [0.2, 0.25) is 5.82 Å². The van der Waals surface area contributed by atoms with Crippen LogP contribution in [0.15, 0.2) is 62.3 Å². The molecule has 2 aromatic carbocycles. The lowest BCUT2D eigenvalue weighted by atomic mass is 10.1. The van der Waals surface area contributed by atoms with Crippen LogP contribution >= 0.6 is 0 Å². The van der Waals surface area contributed by atoms with Crippen LogP contribution in [0.3, 0.4) is 0 Å². The molecule has 0 amide bonds. The molecular weight excluding hydrogens is 346 g/mol. The van der Waals surface area contributed by atoms with Crippen molar-refractivity contribution in [3.8, 4) is 28.6 Å². The third kappa shape index (κ3) is 3.15. The summed E-state index contributed by atoms with van der Waals surface area (Å²) in [6.07, 6.45) is 0. The van der Waals surface area contributed by atoms with E-state index in [2.05, 4.69) is 10.1 Å². The molecule has 0 N–H and O–H groups in total. The molecule has 0 aliphatic carbocycles. The van der Waals surface area contributed by atoms with E-state index in [1.807, 2.05) is 43.3 Å². The second kappa shape index (κ2) is 6.60. The van der Waals surface area contributed by atoms with E-state index in [1.54, 1.807) is 31.4 Å². The molecule has 27 heavy (non-hydrogen) atoms. The number of methoxy groups -OCH3 is 1. The normalized spacial score (nSPS) is 10.9. The highest BCUT2D eigenvalue weighted by molar-refractivity contribution is 5.81. The largest absolute Gasteiger partial charge is 0.497 e. The molecule has 0 saturated carbocycles. The SMILES string of the molecule is COc1ccc2cc(-c3nc(-c4ccc(N(C)C)cc4)no3)c(=O)oc2c1. The quantitative estimate of drug-likeness (QED) is 0.513. The molecule has 2 aromatic heterocycles. The molecule has 0 radical (unpaired) electrons. The zero-order chi connectivity index (χ0) is 19.0. The van der Waals surface area contributed by atoms with E-state index in [-0.39, 0.29) is 11.5 Å². The number of rotatable bonds is 4. The fraction of sp³-hybridized carbons (Fsp3) is 0.150. The number of fused-ring (bicyclic) bond motifs is 1. The van der Waals surface area contributed by atoms with E-state index in [0.29, 0.717) is 17.2 Å². The Morgan fingerprint density at radius 3 is 2.52 bits per heavy atom. The summed E-state index contributed by atoms with van der Waals surface area (Å²) in [7, 11) is 5.49. The van der Waals surface area contributed by atoms with Crippen molar-refractivity contribution in [3.05, 3.63) is 59.0 Å². The maximum atomic E-state index is 12.4. The first-order valence-electron chi connectivity index (χ1n) is 8.29. The zero-order valence-electron chi connectivity index (χ0n) is 15.1. The van der Waals surface area contributed by atoms with E-state index >= 15 is 0 Å². The Morgan fingerprint density at radius 2 is 1.81 bits per heavy atom. The first-order chi connectivity index (χ1) is 13.0. The first-order valence-corrected chi connectivity index (χ1v) is 8.29. The Labute approximate surface area is 154 Å². The summed E-state index contributed by atoms with van der Waals surface area (Å²) in [6.45, 7) is 0. The second-order valence-corrected chi connectivity index (χ2v) is 6.22. The molecule has 4 rings (SSSR count). The van der Waals surface area contributed by atoms with Gasteiger partial charge < -0.3 is 18.6 Å². The van der Waals surface area contributed by atoms with Crippen LogP contribution in [0.2, 0.25) is 0 Å². The molecule has 0 aliphatic heterocycles. The van der Waals surface area contributed by atoms with Gasteiger partial charge in [-0.15, -0.1) is 0 Å². The fourth-order valence-electron chi connectivity index (χ4n) is 2.73. The molecule has 136 valence electrons. The Kier molecular flexibility index (Phi) is 4.12. The lowest BCUT2D eigenvalue weighted by Gasteiger charge is -2.11. The highest BCUT2D eigenvalue weighted by Gasteiger charge is 2.16. The van der Waals surface area contributed by atoms with Crippen molar-refractivity contribution >= 4 is 16.7 Å². The van der Waals surface area contributed by atoms with Crippen LogP contribution in [-0.4, -0.2) is 31.3 Å². The predicted octanol–water partition coefficient (Wildman–Crippen LogP) is 3.58. The number of aromatic nitrogens is 2. The summed E-state index contributed by atoms with van der Waals surface area (Å²) < 4.78 is 15.8. The van der Waals surface area contributed by atoms with Crippen LogP contribution in [0.4, 0.5) is 5.69 Å². The van der Waals surface area contributed by atoms with Gasteiger partial charge in [-0.05, 0) is 42.5 Å². The van der Waals surface area contributed by atoms with Gasteiger partial charge >= 0.3 is 5.63 Å². The summed E-state index contributed by atoms with van der Waals surface area (Å²) in [6, 6.07) is 14.7. The van der Waals surface area contributed by atoms with Gasteiger partial charge in [0, 0.05) is 36.8 Å². The zero-order valence-corrected chi connectivity index (χ0v) is 15.1. The van der Waals surface area contributed by atoms with Crippen LogP contribution in [-0.2, 0) is 0 Å². The Bertz CT molecular complexity index is 1160. The molecule has 0 aliphatic rings. The Morgan fingerprint density at radius 1 is 1.04 bits per heavy atom. The summed E-state index contributed by atoms with van der Waals surface area (Å²) in [5, 5.41) is 4.72. The summed E-state index contributed by atoms with van der Waals surface area (Å²) >= 11 is 0. The second-order valence-electron chi connectivity index (χ2n) is 6.22. The number of ether oxygens (including phenoxy) is 1. The molecule has 7 nitrogen and oxygen atoms in total. The third-order valence-corrected chi connectivity index (χ3v) is 4.24. The average molecular weight is 363 g/mol. The van der Waals surface area contributed by atoms with Gasteiger partial charge in [0.25, 0.3) is 5.89 Å². The van der Waals surface area contributed by atoms with Crippen molar-refractivity contribution in [2.45, 2.75) is 0 Å². The minimum atomic E-state index is -0.547. The first kappa shape index (κ1) is 16.8. The van der Waals surface area contributed by atoms with Crippen molar-refractivity contribution in [2.75, 3.05) is 26.1 Å². The molecule has 0 unspecified atom stereocenters. The summed E-state index contributed by atoms with van der Waals surface area (Å²) in [4.78, 5) is 18.7. The molecule has 4 aromatic rings. The number of nitrogens with zero attached hydrogens (tertiary/aromatic N) is 3. The van der Waals surface area contributed by atoms with Crippen LogP contribution in [0, 0.1) is 0 Å². The minimum Gasteiger partial charge on any atom is -0.497 e. The summed E-state index contributed by atoms with van der Waals surface area (Å²) in [5.41, 5.74) is 1.96. The maximum Gasteiger partial charge on any atom is 0.349 e. The number of hydrogen-bond acceptors (Lipinski definition) is 7. The Hall–Kier alpha value is -3.61. The van der Waals surface area contributed by atoms with Crippen molar-refractivity contribution < 1.29 is 13.7 Å². The summed E-state index contributed by atoms with van der Waals surface area (Å²) in [5.74, 6) is 1.14. The molecule has 0 fully saturated rings. The van der Waals surface area contributed by atoms with Gasteiger partial charge in [-0.1, -0.05) is 5.16 Å². The average Bonchev–Trinajstić information content (AvgIpc) is 3.17. The van der Waals surface area contributed by atoms with Gasteiger partial charge in [0.15, 0.2) is 0 Å². The van der Waals surface area contributed by atoms with Gasteiger partial charge in [-0.25, -0.2) is 4.79 Å². The van der Waals surface area contributed by atoms with Crippen LogP contribution < -0.4 is 15.3 Å². The molecule has 0 saturated heterocycles. The number of benzene rings is 2. The lowest BCUT2D eigenvalue weighted by molar-refractivity contribution is 0.414. The van der Waals surface area contributed by atoms with Gasteiger partial charge in [-0.3, -0.25) is 0 Å². The monoisotopic (exact) mass is 363 g/mol. The van der Waals surface area contributed by atoms with Crippen molar-refractivity contribution in [2.24, 2.45) is 0 Å². The number of hydrogen-bond donors (Lipinski definition) is 0. The van der Waals surface area contributed by atoms with Crippen LogP contribution in [0.1, 0.15) is 0 Å². The van der Waals surface area contributed by atoms with Gasteiger partial charge in [0.05, 0.1) is 7.11 Å². The fourth-order valence-corrected chi connectivity index (χ4v) is 2.73. The van der Waals surface area contributed by atoms with E-state index in [0.717, 1.165) is 16.6 Å². The molecule has 0 spiro atoms. The molecule has 0 atom stereocenters. The predicted molar refractivity (Wildman–Crippen MR) is 102 cm³/mol. The van der Waals surface area contributed by atoms with Crippen molar-refractivity contribution in [1.82, 2.24) is 10.1 Å². The third-order valence-electron chi connectivity index (χ3n) is 4.24. The van der Waals surface area contributed by atoms with E-state index in [9.17, 15) is 4.79 Å². The van der Waals surface area contributed by atoms with Crippen LogP contribution in [0.25, 0.3) is 33.8 Å². The van der Waals surface area contributed by atoms with E-state index in [4.69, 9.17) is 13.7 Å². The molecule has 0 bridgehead atoms. The highest BCUT2D eigenvalue weighted by atomic mass is 16.5. The van der Waals surface area contributed by atoms with E-state index < -0.39 is 5.63 Å². The van der Waals surface area contributed by atoms with E-state index in [1.165, 1.54) is 0 Å². The topological polar surface area (TPSA) is 81.6 Å². The van der Waals surface area contributed by atoms with Crippen LogP contribution in [0.5, 0.6) is 5.75 Å². The molecular formula is C20H17N3O4. The smallest absolute Gasteiger partial charge is 0.349 e. The Balaban J connectivity index is 1.72. The standard InChI is InChI=1S/C20H17N3O4/c1-23(2)14-7-4-12(5-8-14)18-21-19(27-22-18)16-10-13-6-9-15(25-3)11-17(13)26-20(16)24/h4-11H,1-3H3. The minimum absolute atomic E-state index is 0.119. The van der Waals surface area contributed by atoms with Crippen molar-refractivity contribution in [1.29, 1.82) is 0 Å². The van der Waals surface area contributed by atoms with Gasteiger partial charge in [0.1, 0.15) is 16.9 Å². The molecule has 2 heterocycles. The highest BCUT2D eigenvalue weighted by Crippen LogP contribution is 2.26. The molecule has 7 heteroatoms. The maximum absolute atomic E-state index is 12.4. The number of anilines is 1. The van der Waals surface area contributed by atoms with Gasteiger partial charge in [-0.2, -0.15) is 4.98 Å². The lowest BCUT2D eigenvalue weighted by Crippen LogP contribution is -2.07.